The SMILES string of the molecule is CCNc1ncnc(-c2cccc(Br)c2)c1[N+](=O)[O-]. The zero-order valence-electron chi connectivity index (χ0n) is 10.1. The maximum absolute atomic E-state index is 11.2. The maximum atomic E-state index is 11.2. The van der Waals surface area contributed by atoms with Gasteiger partial charge < -0.3 is 5.32 Å². The van der Waals surface area contributed by atoms with Crippen LogP contribution < -0.4 is 5.32 Å². The molecule has 0 aliphatic carbocycles. The van der Waals surface area contributed by atoms with Gasteiger partial charge in [-0.05, 0) is 19.1 Å². The molecular formula is C12H11BrN4O2. The van der Waals surface area contributed by atoms with E-state index in [1.807, 2.05) is 13.0 Å². The van der Waals surface area contributed by atoms with Gasteiger partial charge in [0.15, 0.2) is 5.69 Å². The summed E-state index contributed by atoms with van der Waals surface area (Å²) in [6, 6.07) is 7.21. The summed E-state index contributed by atoms with van der Waals surface area (Å²) in [5, 5.41) is 14.1. The highest BCUT2D eigenvalue weighted by Crippen LogP contribution is 2.33. The number of anilines is 1. The van der Waals surface area contributed by atoms with E-state index in [0.29, 0.717) is 17.8 Å². The van der Waals surface area contributed by atoms with Crippen LogP contribution in [0.5, 0.6) is 0 Å². The number of nitro groups is 1. The quantitative estimate of drug-likeness (QED) is 0.690. The lowest BCUT2D eigenvalue weighted by molar-refractivity contribution is -0.383. The van der Waals surface area contributed by atoms with E-state index in [0.717, 1.165) is 4.47 Å². The molecule has 0 aliphatic rings. The van der Waals surface area contributed by atoms with Gasteiger partial charge in [-0.25, -0.2) is 9.97 Å². The fourth-order valence-corrected chi connectivity index (χ4v) is 2.09. The minimum Gasteiger partial charge on any atom is -0.365 e. The molecule has 0 amide bonds. The monoisotopic (exact) mass is 322 g/mol. The Bertz CT molecular complexity index is 618. The van der Waals surface area contributed by atoms with E-state index in [1.54, 1.807) is 18.2 Å². The van der Waals surface area contributed by atoms with Crippen LogP contribution in [0.3, 0.4) is 0 Å². The van der Waals surface area contributed by atoms with Crippen molar-refractivity contribution >= 4 is 27.4 Å². The highest BCUT2D eigenvalue weighted by atomic mass is 79.9. The number of nitrogens with one attached hydrogen (secondary N) is 1. The van der Waals surface area contributed by atoms with Gasteiger partial charge in [0.25, 0.3) is 0 Å². The topological polar surface area (TPSA) is 81.0 Å². The normalized spacial score (nSPS) is 10.2. The summed E-state index contributed by atoms with van der Waals surface area (Å²) in [6.45, 7) is 2.40. The van der Waals surface area contributed by atoms with Crippen molar-refractivity contribution in [3.05, 3.63) is 45.2 Å². The Balaban J connectivity index is 2.62. The first-order chi connectivity index (χ1) is 9.13. The predicted octanol–water partition coefficient (Wildman–Crippen LogP) is 3.25. The summed E-state index contributed by atoms with van der Waals surface area (Å²) in [5.74, 6) is 0.234. The molecule has 0 atom stereocenters. The van der Waals surface area contributed by atoms with E-state index < -0.39 is 4.92 Å². The van der Waals surface area contributed by atoms with Crippen molar-refractivity contribution < 1.29 is 4.92 Å². The Labute approximate surface area is 118 Å². The van der Waals surface area contributed by atoms with Crippen molar-refractivity contribution in [2.75, 3.05) is 11.9 Å². The molecule has 19 heavy (non-hydrogen) atoms. The van der Waals surface area contributed by atoms with E-state index in [4.69, 9.17) is 0 Å². The second-order valence-corrected chi connectivity index (χ2v) is 4.63. The Morgan fingerprint density at radius 3 is 2.84 bits per heavy atom. The van der Waals surface area contributed by atoms with Gasteiger partial charge in [-0.3, -0.25) is 10.1 Å². The lowest BCUT2D eigenvalue weighted by Crippen LogP contribution is -2.06. The summed E-state index contributed by atoms with van der Waals surface area (Å²) in [7, 11) is 0. The Morgan fingerprint density at radius 1 is 1.42 bits per heavy atom. The highest BCUT2D eigenvalue weighted by Gasteiger charge is 2.23. The molecule has 0 fully saturated rings. The molecule has 1 heterocycles. The maximum Gasteiger partial charge on any atom is 0.337 e. The van der Waals surface area contributed by atoms with Crippen molar-refractivity contribution in [2.24, 2.45) is 0 Å². The van der Waals surface area contributed by atoms with Crippen LogP contribution in [0.15, 0.2) is 35.1 Å². The van der Waals surface area contributed by atoms with Crippen LogP contribution in [0.25, 0.3) is 11.3 Å². The second kappa shape index (κ2) is 5.75. The Morgan fingerprint density at radius 2 is 2.21 bits per heavy atom. The van der Waals surface area contributed by atoms with Crippen LogP contribution >= 0.6 is 15.9 Å². The lowest BCUT2D eigenvalue weighted by atomic mass is 10.1. The summed E-state index contributed by atoms with van der Waals surface area (Å²) >= 11 is 3.34. The highest BCUT2D eigenvalue weighted by molar-refractivity contribution is 9.10. The van der Waals surface area contributed by atoms with Crippen LogP contribution in [0.4, 0.5) is 11.5 Å². The number of nitrogens with zero attached hydrogens (tertiary/aromatic N) is 3. The van der Waals surface area contributed by atoms with Gasteiger partial charge in [0, 0.05) is 16.6 Å². The second-order valence-electron chi connectivity index (χ2n) is 3.72. The van der Waals surface area contributed by atoms with Crippen molar-refractivity contribution in [3.63, 3.8) is 0 Å². The zero-order valence-corrected chi connectivity index (χ0v) is 11.7. The molecule has 0 bridgehead atoms. The summed E-state index contributed by atoms with van der Waals surface area (Å²) in [5.41, 5.74) is 0.863. The number of halogens is 1. The average Bonchev–Trinajstić information content (AvgIpc) is 2.38. The van der Waals surface area contributed by atoms with Crippen LogP contribution in [-0.2, 0) is 0 Å². The molecule has 1 aromatic heterocycles. The van der Waals surface area contributed by atoms with E-state index in [-0.39, 0.29) is 11.5 Å². The lowest BCUT2D eigenvalue weighted by Gasteiger charge is -2.07. The molecule has 0 saturated heterocycles. The molecule has 2 aromatic rings. The third-order valence-electron chi connectivity index (χ3n) is 2.45. The number of hydrogen-bond acceptors (Lipinski definition) is 5. The molecule has 1 N–H and O–H groups in total. The van der Waals surface area contributed by atoms with Crippen LogP contribution in [0.2, 0.25) is 0 Å². The largest absolute Gasteiger partial charge is 0.365 e. The molecule has 1 aromatic carbocycles. The molecule has 7 heteroatoms. The number of aromatic nitrogens is 2. The first-order valence-electron chi connectivity index (χ1n) is 5.62. The number of rotatable bonds is 4. The van der Waals surface area contributed by atoms with Gasteiger partial charge in [-0.15, -0.1) is 0 Å². The molecular weight excluding hydrogens is 312 g/mol. The van der Waals surface area contributed by atoms with Crippen molar-refractivity contribution in [3.8, 4) is 11.3 Å². The van der Waals surface area contributed by atoms with Gasteiger partial charge in [0.1, 0.15) is 6.33 Å². The summed E-state index contributed by atoms with van der Waals surface area (Å²) in [4.78, 5) is 18.7. The average molecular weight is 323 g/mol. The first kappa shape index (κ1) is 13.4. The van der Waals surface area contributed by atoms with Crippen molar-refractivity contribution in [1.29, 1.82) is 0 Å². The third kappa shape index (κ3) is 2.87. The van der Waals surface area contributed by atoms with E-state index in [1.165, 1.54) is 6.33 Å². The standard InChI is InChI=1S/C12H11BrN4O2/c1-2-14-12-11(17(18)19)10(15-7-16-12)8-4-3-5-9(13)6-8/h3-7H,2H2,1H3,(H,14,15,16). The fraction of sp³-hybridized carbons (Fsp3) is 0.167. The van der Waals surface area contributed by atoms with Gasteiger partial charge in [0.2, 0.25) is 5.82 Å². The molecule has 6 nitrogen and oxygen atoms in total. The third-order valence-corrected chi connectivity index (χ3v) is 2.94. The molecule has 2 rings (SSSR count). The number of benzene rings is 1. The molecule has 98 valence electrons. The molecule has 0 spiro atoms. The number of hydrogen-bond donors (Lipinski definition) is 1. The summed E-state index contributed by atoms with van der Waals surface area (Å²) in [6.07, 6.45) is 1.32. The Hall–Kier alpha value is -2.02. The van der Waals surface area contributed by atoms with Gasteiger partial charge in [-0.1, -0.05) is 28.1 Å². The fourth-order valence-electron chi connectivity index (χ4n) is 1.70. The molecule has 0 aliphatic heterocycles. The van der Waals surface area contributed by atoms with Crippen LogP contribution in [0.1, 0.15) is 6.92 Å². The summed E-state index contributed by atoms with van der Waals surface area (Å²) < 4.78 is 0.836. The Kier molecular flexibility index (Phi) is 4.06. The van der Waals surface area contributed by atoms with Gasteiger partial charge >= 0.3 is 5.69 Å². The minimum atomic E-state index is -0.464. The molecule has 0 unspecified atom stereocenters. The molecule has 0 saturated carbocycles. The van der Waals surface area contributed by atoms with Crippen LogP contribution in [0, 0.1) is 10.1 Å². The van der Waals surface area contributed by atoms with Crippen molar-refractivity contribution in [2.45, 2.75) is 6.92 Å². The predicted molar refractivity (Wildman–Crippen MR) is 76.0 cm³/mol. The van der Waals surface area contributed by atoms with E-state index in [2.05, 4.69) is 31.2 Å². The molecule has 0 radical (unpaired) electrons. The zero-order chi connectivity index (χ0) is 13.8. The smallest absolute Gasteiger partial charge is 0.337 e. The van der Waals surface area contributed by atoms with Gasteiger partial charge in [0.05, 0.1) is 4.92 Å². The van der Waals surface area contributed by atoms with Crippen LogP contribution in [-0.4, -0.2) is 21.4 Å². The van der Waals surface area contributed by atoms with Gasteiger partial charge in [-0.2, -0.15) is 0 Å². The van der Waals surface area contributed by atoms with Crippen molar-refractivity contribution in [1.82, 2.24) is 9.97 Å². The van der Waals surface area contributed by atoms with E-state index >= 15 is 0 Å². The van der Waals surface area contributed by atoms with E-state index in [9.17, 15) is 10.1 Å². The first-order valence-corrected chi connectivity index (χ1v) is 6.42. The minimum absolute atomic E-state index is 0.109.